The quantitative estimate of drug-likeness (QED) is 0.546. The number of ketones is 2. The van der Waals surface area contributed by atoms with Crippen LogP contribution in [0.5, 0.6) is 0 Å². The topological polar surface area (TPSA) is 107 Å². The number of sulfonamides is 1. The molecule has 0 aliphatic carbocycles. The lowest BCUT2D eigenvalue weighted by Gasteiger charge is -2.17. The number of rotatable bonds is 7. The Labute approximate surface area is 170 Å². The monoisotopic (exact) mass is 417 g/mol. The first-order valence-electron chi connectivity index (χ1n) is 8.85. The number of esters is 1. The molecule has 2 aromatic rings. The van der Waals surface area contributed by atoms with Crippen molar-refractivity contribution in [1.29, 1.82) is 0 Å². The molecule has 0 bridgehead atoms. The van der Waals surface area contributed by atoms with Gasteiger partial charge >= 0.3 is 5.97 Å². The number of carbonyl (C=O) groups is 3. The van der Waals surface area contributed by atoms with Gasteiger partial charge in [0.25, 0.3) is 10.0 Å². The first kappa shape index (κ1) is 22.3. The lowest BCUT2D eigenvalue weighted by Crippen LogP contribution is -2.26. The zero-order chi connectivity index (χ0) is 21.8. The second kappa shape index (κ2) is 8.57. The highest BCUT2D eigenvalue weighted by Crippen LogP contribution is 2.22. The summed E-state index contributed by atoms with van der Waals surface area (Å²) in [5.74, 6) is -1.25. The first-order chi connectivity index (χ1) is 13.4. The van der Waals surface area contributed by atoms with E-state index in [2.05, 4.69) is 4.72 Å². The molecule has 0 atom stereocenters. The van der Waals surface area contributed by atoms with Crippen LogP contribution in [0.2, 0.25) is 0 Å². The molecule has 0 aliphatic rings. The standard InChI is InChI=1S/C21H23NO6S/c1-14(23)15-9-11-16(12-10-15)29(26,27)22-18-8-6-5-7-17(18)20(25)28-13-19(24)21(2,3)4/h5-12,22H,13H2,1-4H3. The Morgan fingerprint density at radius 3 is 2.10 bits per heavy atom. The van der Waals surface area contributed by atoms with Crippen molar-refractivity contribution in [2.24, 2.45) is 5.41 Å². The van der Waals surface area contributed by atoms with Gasteiger partial charge in [0.1, 0.15) is 0 Å². The molecule has 0 fully saturated rings. The van der Waals surface area contributed by atoms with E-state index in [0.717, 1.165) is 0 Å². The van der Waals surface area contributed by atoms with Gasteiger partial charge in [-0.25, -0.2) is 13.2 Å². The molecular formula is C21H23NO6S. The van der Waals surface area contributed by atoms with Crippen LogP contribution >= 0.6 is 0 Å². The van der Waals surface area contributed by atoms with E-state index in [1.807, 2.05) is 0 Å². The Morgan fingerprint density at radius 1 is 0.966 bits per heavy atom. The number of para-hydroxylation sites is 1. The molecule has 29 heavy (non-hydrogen) atoms. The fraction of sp³-hybridized carbons (Fsp3) is 0.286. The number of hydrogen-bond acceptors (Lipinski definition) is 6. The van der Waals surface area contributed by atoms with Crippen LogP contribution in [0, 0.1) is 5.41 Å². The summed E-state index contributed by atoms with van der Waals surface area (Å²) in [6, 6.07) is 11.4. The summed E-state index contributed by atoms with van der Waals surface area (Å²) >= 11 is 0. The maximum Gasteiger partial charge on any atom is 0.340 e. The predicted octanol–water partition coefficient (Wildman–Crippen LogP) is 3.46. The molecule has 0 aromatic heterocycles. The van der Waals surface area contributed by atoms with Gasteiger partial charge in [-0.15, -0.1) is 0 Å². The summed E-state index contributed by atoms with van der Waals surface area (Å²) in [5, 5.41) is 0. The molecule has 8 heteroatoms. The Hall–Kier alpha value is -3.00. The van der Waals surface area contributed by atoms with Gasteiger partial charge in [0.2, 0.25) is 0 Å². The van der Waals surface area contributed by atoms with Gasteiger partial charge in [-0.3, -0.25) is 14.3 Å². The van der Waals surface area contributed by atoms with Gasteiger partial charge < -0.3 is 4.74 Å². The minimum absolute atomic E-state index is 0.0156. The molecule has 0 radical (unpaired) electrons. The van der Waals surface area contributed by atoms with Crippen LogP contribution in [-0.2, 0) is 19.6 Å². The third-order valence-corrected chi connectivity index (χ3v) is 5.51. The summed E-state index contributed by atoms with van der Waals surface area (Å²) in [5.41, 5.74) is -0.265. The summed E-state index contributed by atoms with van der Waals surface area (Å²) in [6.07, 6.45) is 0. The van der Waals surface area contributed by atoms with Gasteiger partial charge in [-0.05, 0) is 31.2 Å². The summed E-state index contributed by atoms with van der Waals surface area (Å²) in [4.78, 5) is 35.6. The smallest absolute Gasteiger partial charge is 0.340 e. The second-order valence-corrected chi connectivity index (χ2v) is 9.16. The number of benzene rings is 2. The number of Topliss-reactive ketones (excluding diaryl/α,β-unsaturated/α-hetero) is 2. The third kappa shape index (κ3) is 5.74. The molecule has 7 nitrogen and oxygen atoms in total. The van der Waals surface area contributed by atoms with E-state index in [1.165, 1.54) is 43.3 Å². The maximum atomic E-state index is 12.7. The van der Waals surface area contributed by atoms with E-state index in [1.54, 1.807) is 32.9 Å². The SMILES string of the molecule is CC(=O)c1ccc(S(=O)(=O)Nc2ccccc2C(=O)OCC(=O)C(C)(C)C)cc1. The van der Waals surface area contributed by atoms with E-state index in [4.69, 9.17) is 4.74 Å². The fourth-order valence-electron chi connectivity index (χ4n) is 2.25. The normalized spacial score (nSPS) is 11.6. The van der Waals surface area contributed by atoms with E-state index in [9.17, 15) is 22.8 Å². The predicted molar refractivity (Wildman–Crippen MR) is 108 cm³/mol. The number of hydrogen-bond donors (Lipinski definition) is 1. The third-order valence-electron chi connectivity index (χ3n) is 4.13. The molecule has 2 rings (SSSR count). The minimum Gasteiger partial charge on any atom is -0.454 e. The van der Waals surface area contributed by atoms with Crippen LogP contribution in [0.3, 0.4) is 0 Å². The highest BCUT2D eigenvalue weighted by Gasteiger charge is 2.24. The van der Waals surface area contributed by atoms with Crippen LogP contribution < -0.4 is 4.72 Å². The van der Waals surface area contributed by atoms with Crippen molar-refractivity contribution < 1.29 is 27.5 Å². The molecule has 154 valence electrons. The van der Waals surface area contributed by atoms with Crippen molar-refractivity contribution >= 4 is 33.2 Å². The zero-order valence-electron chi connectivity index (χ0n) is 16.7. The van der Waals surface area contributed by atoms with Crippen molar-refractivity contribution in [3.05, 3.63) is 59.7 Å². The lowest BCUT2D eigenvalue weighted by atomic mass is 9.91. The van der Waals surface area contributed by atoms with Gasteiger partial charge in [-0.1, -0.05) is 45.0 Å². The molecule has 0 saturated heterocycles. The minimum atomic E-state index is -4.00. The molecule has 0 saturated carbocycles. The summed E-state index contributed by atoms with van der Waals surface area (Å²) in [7, 11) is -4.00. The Morgan fingerprint density at radius 2 is 1.55 bits per heavy atom. The number of nitrogens with one attached hydrogen (secondary N) is 1. The van der Waals surface area contributed by atoms with Crippen LogP contribution in [0.15, 0.2) is 53.4 Å². The van der Waals surface area contributed by atoms with Crippen LogP contribution in [-0.4, -0.2) is 32.6 Å². The van der Waals surface area contributed by atoms with Crippen molar-refractivity contribution in [2.45, 2.75) is 32.6 Å². The number of ether oxygens (including phenoxy) is 1. The Balaban J connectivity index is 2.22. The van der Waals surface area contributed by atoms with Gasteiger partial charge in [0.15, 0.2) is 18.2 Å². The van der Waals surface area contributed by atoms with Crippen molar-refractivity contribution in [3.63, 3.8) is 0 Å². The largest absolute Gasteiger partial charge is 0.454 e. The van der Waals surface area contributed by atoms with E-state index in [0.29, 0.717) is 5.56 Å². The van der Waals surface area contributed by atoms with Gasteiger partial charge in [0.05, 0.1) is 16.1 Å². The fourth-order valence-corrected chi connectivity index (χ4v) is 3.33. The lowest BCUT2D eigenvalue weighted by molar-refractivity contribution is -0.129. The van der Waals surface area contributed by atoms with Crippen molar-refractivity contribution in [3.8, 4) is 0 Å². The molecule has 2 aromatic carbocycles. The van der Waals surface area contributed by atoms with Crippen LogP contribution in [0.4, 0.5) is 5.69 Å². The van der Waals surface area contributed by atoms with E-state index < -0.39 is 28.0 Å². The summed E-state index contributed by atoms with van der Waals surface area (Å²) in [6.45, 7) is 6.11. The van der Waals surface area contributed by atoms with Gasteiger partial charge in [-0.2, -0.15) is 0 Å². The van der Waals surface area contributed by atoms with Crippen LogP contribution in [0.1, 0.15) is 48.4 Å². The van der Waals surface area contributed by atoms with Crippen molar-refractivity contribution in [1.82, 2.24) is 0 Å². The highest BCUT2D eigenvalue weighted by molar-refractivity contribution is 7.92. The summed E-state index contributed by atoms with van der Waals surface area (Å²) < 4.78 is 32.7. The molecule has 1 N–H and O–H groups in total. The van der Waals surface area contributed by atoms with E-state index >= 15 is 0 Å². The molecule has 0 heterocycles. The molecular weight excluding hydrogens is 394 g/mol. The average molecular weight is 417 g/mol. The van der Waals surface area contributed by atoms with E-state index in [-0.39, 0.29) is 27.7 Å². The average Bonchev–Trinajstić information content (AvgIpc) is 2.65. The second-order valence-electron chi connectivity index (χ2n) is 7.48. The molecule has 0 spiro atoms. The number of anilines is 1. The Bertz CT molecular complexity index is 1030. The van der Waals surface area contributed by atoms with Crippen molar-refractivity contribution in [2.75, 3.05) is 11.3 Å². The molecule has 0 amide bonds. The maximum absolute atomic E-state index is 12.7. The zero-order valence-corrected chi connectivity index (χ0v) is 17.5. The van der Waals surface area contributed by atoms with Gasteiger partial charge in [0, 0.05) is 11.0 Å². The highest BCUT2D eigenvalue weighted by atomic mass is 32.2. The first-order valence-corrected chi connectivity index (χ1v) is 10.3. The number of carbonyl (C=O) groups excluding carboxylic acids is 3. The molecule has 0 aliphatic heterocycles. The molecule has 0 unspecified atom stereocenters. The van der Waals surface area contributed by atoms with Crippen LogP contribution in [0.25, 0.3) is 0 Å². The Kier molecular flexibility index (Phi) is 6.58.